The van der Waals surface area contributed by atoms with E-state index in [0.29, 0.717) is 17.0 Å². The molecule has 4 heteroatoms. The highest BCUT2D eigenvalue weighted by Crippen LogP contribution is 2.25. The maximum Gasteiger partial charge on any atom is 0.181 e. The van der Waals surface area contributed by atoms with E-state index in [9.17, 15) is 4.79 Å². The standard InChI is InChI=1S/C11H16N2O2/c1-7(13-2)11(14)8-5-4-6-9(15-3)10(8)12/h4-7,13H,12H2,1-3H3. The van der Waals surface area contributed by atoms with E-state index in [4.69, 9.17) is 10.5 Å². The molecular formula is C11H16N2O2. The Balaban J connectivity index is 3.09. The number of likely N-dealkylation sites (N-methyl/N-ethyl adjacent to an activating group) is 1. The zero-order valence-electron chi connectivity index (χ0n) is 9.20. The normalized spacial score (nSPS) is 12.2. The maximum atomic E-state index is 11.9. The van der Waals surface area contributed by atoms with E-state index in [0.717, 1.165) is 0 Å². The molecule has 1 aromatic rings. The quantitative estimate of drug-likeness (QED) is 0.574. The molecule has 0 aromatic heterocycles. The first-order valence-electron chi connectivity index (χ1n) is 4.75. The number of nitrogens with two attached hydrogens (primary N) is 1. The van der Waals surface area contributed by atoms with E-state index in [2.05, 4.69) is 5.32 Å². The highest BCUT2D eigenvalue weighted by molar-refractivity contribution is 6.04. The first-order chi connectivity index (χ1) is 7.11. The SMILES string of the molecule is CNC(C)C(=O)c1cccc(OC)c1N. The van der Waals surface area contributed by atoms with Crippen LogP contribution in [0.3, 0.4) is 0 Å². The largest absolute Gasteiger partial charge is 0.495 e. The van der Waals surface area contributed by atoms with Gasteiger partial charge in [-0.05, 0) is 26.1 Å². The van der Waals surface area contributed by atoms with Crippen LogP contribution in [0.1, 0.15) is 17.3 Å². The van der Waals surface area contributed by atoms with Crippen molar-refractivity contribution in [1.82, 2.24) is 5.32 Å². The smallest absolute Gasteiger partial charge is 0.181 e. The van der Waals surface area contributed by atoms with E-state index in [1.165, 1.54) is 7.11 Å². The van der Waals surface area contributed by atoms with Crippen LogP contribution in [0.25, 0.3) is 0 Å². The van der Waals surface area contributed by atoms with E-state index in [1.54, 1.807) is 32.2 Å². The molecule has 4 nitrogen and oxygen atoms in total. The number of ether oxygens (including phenoxy) is 1. The molecule has 0 heterocycles. The number of para-hydroxylation sites is 1. The van der Waals surface area contributed by atoms with Crippen molar-refractivity contribution in [3.8, 4) is 5.75 Å². The van der Waals surface area contributed by atoms with Gasteiger partial charge in [0.1, 0.15) is 5.75 Å². The van der Waals surface area contributed by atoms with Gasteiger partial charge in [0, 0.05) is 5.56 Å². The fourth-order valence-electron chi connectivity index (χ4n) is 1.30. The number of hydrogen-bond donors (Lipinski definition) is 2. The second-order valence-corrected chi connectivity index (χ2v) is 3.30. The summed E-state index contributed by atoms with van der Waals surface area (Å²) in [6, 6.07) is 4.94. The van der Waals surface area contributed by atoms with Crippen LogP contribution >= 0.6 is 0 Å². The van der Waals surface area contributed by atoms with Crippen molar-refractivity contribution in [1.29, 1.82) is 0 Å². The minimum atomic E-state index is -0.251. The number of Topliss-reactive ketones (excluding diaryl/α,β-unsaturated/α-hetero) is 1. The maximum absolute atomic E-state index is 11.9. The summed E-state index contributed by atoms with van der Waals surface area (Å²) in [6.07, 6.45) is 0. The van der Waals surface area contributed by atoms with E-state index >= 15 is 0 Å². The van der Waals surface area contributed by atoms with Crippen molar-refractivity contribution < 1.29 is 9.53 Å². The second kappa shape index (κ2) is 4.79. The molecule has 0 aliphatic carbocycles. The fraction of sp³-hybridized carbons (Fsp3) is 0.364. The van der Waals surface area contributed by atoms with Crippen LogP contribution in [0.2, 0.25) is 0 Å². The molecule has 3 N–H and O–H groups in total. The number of carbonyl (C=O) groups excluding carboxylic acids is 1. The molecule has 1 atom stereocenters. The molecule has 0 aliphatic rings. The zero-order valence-corrected chi connectivity index (χ0v) is 9.20. The van der Waals surface area contributed by atoms with Gasteiger partial charge in [-0.2, -0.15) is 0 Å². The summed E-state index contributed by atoms with van der Waals surface area (Å²) in [5, 5.41) is 2.88. The topological polar surface area (TPSA) is 64.3 Å². The molecule has 0 bridgehead atoms. The summed E-state index contributed by atoms with van der Waals surface area (Å²) in [6.45, 7) is 1.79. The molecule has 0 aliphatic heterocycles. The number of methoxy groups -OCH3 is 1. The van der Waals surface area contributed by atoms with Gasteiger partial charge in [-0.25, -0.2) is 0 Å². The second-order valence-electron chi connectivity index (χ2n) is 3.30. The van der Waals surface area contributed by atoms with E-state index in [1.807, 2.05) is 0 Å². The molecule has 0 radical (unpaired) electrons. The zero-order chi connectivity index (χ0) is 11.4. The Morgan fingerprint density at radius 1 is 1.53 bits per heavy atom. The highest BCUT2D eigenvalue weighted by Gasteiger charge is 2.17. The number of hydrogen-bond acceptors (Lipinski definition) is 4. The minimum absolute atomic E-state index is 0.0334. The molecule has 1 unspecified atom stereocenters. The van der Waals surface area contributed by atoms with Crippen molar-refractivity contribution >= 4 is 11.5 Å². The van der Waals surface area contributed by atoms with Gasteiger partial charge >= 0.3 is 0 Å². The van der Waals surface area contributed by atoms with Crippen LogP contribution in [0.5, 0.6) is 5.75 Å². The summed E-state index contributed by atoms with van der Waals surface area (Å²) in [4.78, 5) is 11.9. The number of nitrogens with one attached hydrogen (secondary N) is 1. The first kappa shape index (κ1) is 11.5. The lowest BCUT2D eigenvalue weighted by molar-refractivity contribution is 0.0955. The highest BCUT2D eigenvalue weighted by atomic mass is 16.5. The predicted octanol–water partition coefficient (Wildman–Crippen LogP) is 1.07. The number of benzene rings is 1. The Bertz CT molecular complexity index is 364. The lowest BCUT2D eigenvalue weighted by atomic mass is 10.0. The third kappa shape index (κ3) is 2.27. The average Bonchev–Trinajstić information content (AvgIpc) is 2.27. The van der Waals surface area contributed by atoms with Crippen LogP contribution in [0.4, 0.5) is 5.69 Å². The number of rotatable bonds is 4. The molecule has 1 aromatic carbocycles. The minimum Gasteiger partial charge on any atom is -0.495 e. The van der Waals surface area contributed by atoms with Crippen LogP contribution in [-0.2, 0) is 0 Å². The molecule has 1 rings (SSSR count). The van der Waals surface area contributed by atoms with Gasteiger partial charge in [0.2, 0.25) is 0 Å². The molecule has 0 saturated carbocycles. The Labute approximate surface area is 89.4 Å². The van der Waals surface area contributed by atoms with Gasteiger partial charge in [0.15, 0.2) is 5.78 Å². The Kier molecular flexibility index (Phi) is 3.68. The Hall–Kier alpha value is -1.55. The monoisotopic (exact) mass is 208 g/mol. The lowest BCUT2D eigenvalue weighted by Crippen LogP contribution is -2.31. The summed E-state index contributed by atoms with van der Waals surface area (Å²) in [5.74, 6) is 0.498. The van der Waals surface area contributed by atoms with E-state index < -0.39 is 0 Å². The van der Waals surface area contributed by atoms with Gasteiger partial charge in [-0.3, -0.25) is 4.79 Å². The van der Waals surface area contributed by atoms with E-state index in [-0.39, 0.29) is 11.8 Å². The van der Waals surface area contributed by atoms with Gasteiger partial charge in [-0.1, -0.05) is 6.07 Å². The third-order valence-electron chi connectivity index (χ3n) is 2.38. The van der Waals surface area contributed by atoms with Gasteiger partial charge in [0.25, 0.3) is 0 Å². The van der Waals surface area contributed by atoms with Crippen molar-refractivity contribution in [3.05, 3.63) is 23.8 Å². The summed E-state index contributed by atoms with van der Waals surface area (Å²) >= 11 is 0. The third-order valence-corrected chi connectivity index (χ3v) is 2.38. The van der Waals surface area contributed by atoms with Crippen LogP contribution in [0, 0.1) is 0 Å². The molecule has 0 saturated heterocycles. The molecular weight excluding hydrogens is 192 g/mol. The van der Waals surface area contributed by atoms with Crippen LogP contribution < -0.4 is 15.8 Å². The Morgan fingerprint density at radius 2 is 2.20 bits per heavy atom. The molecule has 0 fully saturated rings. The van der Waals surface area contributed by atoms with Crippen molar-refractivity contribution in [3.63, 3.8) is 0 Å². The van der Waals surface area contributed by atoms with Crippen LogP contribution in [-0.4, -0.2) is 26.0 Å². The predicted molar refractivity (Wildman–Crippen MR) is 60.3 cm³/mol. The average molecular weight is 208 g/mol. The number of carbonyl (C=O) groups is 1. The number of ketones is 1. The van der Waals surface area contributed by atoms with Crippen molar-refractivity contribution in [2.24, 2.45) is 0 Å². The Morgan fingerprint density at radius 3 is 2.73 bits per heavy atom. The molecule has 82 valence electrons. The number of anilines is 1. The van der Waals surface area contributed by atoms with Crippen molar-refractivity contribution in [2.75, 3.05) is 19.9 Å². The molecule has 15 heavy (non-hydrogen) atoms. The summed E-state index contributed by atoms with van der Waals surface area (Å²) in [5.41, 5.74) is 6.71. The van der Waals surface area contributed by atoms with Gasteiger partial charge < -0.3 is 15.8 Å². The number of nitrogen functional groups attached to an aromatic ring is 1. The lowest BCUT2D eigenvalue weighted by Gasteiger charge is -2.12. The first-order valence-corrected chi connectivity index (χ1v) is 4.75. The van der Waals surface area contributed by atoms with Gasteiger partial charge in [-0.15, -0.1) is 0 Å². The summed E-state index contributed by atoms with van der Waals surface area (Å²) in [7, 11) is 3.26. The summed E-state index contributed by atoms with van der Waals surface area (Å²) < 4.78 is 5.05. The van der Waals surface area contributed by atoms with Crippen LogP contribution in [0.15, 0.2) is 18.2 Å². The van der Waals surface area contributed by atoms with Crippen molar-refractivity contribution in [2.45, 2.75) is 13.0 Å². The molecule has 0 amide bonds. The van der Waals surface area contributed by atoms with Gasteiger partial charge in [0.05, 0.1) is 18.8 Å². The molecule has 0 spiro atoms. The fourth-order valence-corrected chi connectivity index (χ4v) is 1.30.